The predicted molar refractivity (Wildman–Crippen MR) is 100 cm³/mol. The Labute approximate surface area is 152 Å². The number of aromatic nitrogens is 3. The molecule has 0 saturated carbocycles. The van der Waals surface area contributed by atoms with Crippen molar-refractivity contribution in [1.29, 1.82) is 0 Å². The van der Waals surface area contributed by atoms with E-state index < -0.39 is 0 Å². The van der Waals surface area contributed by atoms with Crippen molar-refractivity contribution in [3.63, 3.8) is 0 Å². The number of anilines is 1. The molecule has 2 aliphatic rings. The minimum absolute atomic E-state index is 0.0153. The van der Waals surface area contributed by atoms with Crippen LogP contribution in [-0.2, 0) is 9.53 Å². The van der Waals surface area contributed by atoms with Crippen LogP contribution in [0.3, 0.4) is 0 Å². The molecule has 2 atom stereocenters. The molecule has 2 aliphatic heterocycles. The first-order valence-corrected chi connectivity index (χ1v) is 9.25. The van der Waals surface area contributed by atoms with Crippen LogP contribution in [0, 0.1) is 5.92 Å². The number of likely N-dealkylation sites (tertiary alicyclic amines) is 1. The number of aromatic amines is 1. The maximum Gasteiger partial charge on any atom is 0.246 e. The normalized spacial score (nSPS) is 24.1. The summed E-state index contributed by atoms with van der Waals surface area (Å²) < 4.78 is 5.50. The first-order chi connectivity index (χ1) is 12.7. The number of rotatable bonds is 4. The first-order valence-electron chi connectivity index (χ1n) is 9.25. The zero-order valence-corrected chi connectivity index (χ0v) is 15.1. The second-order valence-electron chi connectivity index (χ2n) is 7.25. The van der Waals surface area contributed by atoms with Crippen molar-refractivity contribution in [2.75, 3.05) is 31.6 Å². The van der Waals surface area contributed by atoms with Gasteiger partial charge in [0.2, 0.25) is 5.91 Å². The van der Waals surface area contributed by atoms with Crippen molar-refractivity contribution in [3.05, 3.63) is 30.7 Å². The van der Waals surface area contributed by atoms with Crippen LogP contribution in [0.5, 0.6) is 0 Å². The maximum atomic E-state index is 11.9. The van der Waals surface area contributed by atoms with Gasteiger partial charge in [-0.3, -0.25) is 4.79 Å². The summed E-state index contributed by atoms with van der Waals surface area (Å²) in [5, 5.41) is 4.65. The van der Waals surface area contributed by atoms with Crippen molar-refractivity contribution in [2.45, 2.75) is 31.7 Å². The van der Waals surface area contributed by atoms with Gasteiger partial charge in [0.15, 0.2) is 0 Å². The number of amides is 1. The fourth-order valence-electron chi connectivity index (χ4n) is 4.07. The molecule has 0 unspecified atom stereocenters. The molecule has 0 aromatic carbocycles. The van der Waals surface area contributed by atoms with Gasteiger partial charge in [-0.15, -0.1) is 0 Å². The lowest BCUT2D eigenvalue weighted by Crippen LogP contribution is -2.31. The van der Waals surface area contributed by atoms with Gasteiger partial charge in [-0.1, -0.05) is 13.5 Å². The standard InChI is InChI=1S/C19H25N5O2/c1-3-16(25)24-9-12(2)15(10-24)23-19-17-14(13-4-6-26-7-5-13)8-20-18(17)21-11-22-19/h3,8,11-13,15H,1,4-7,9-10H2,2H3,(H2,20,21,22,23)/t12-,15+/m1/s1. The van der Waals surface area contributed by atoms with E-state index in [-0.39, 0.29) is 11.9 Å². The fraction of sp³-hybridized carbons (Fsp3) is 0.526. The summed E-state index contributed by atoms with van der Waals surface area (Å²) in [6.07, 6.45) is 7.06. The van der Waals surface area contributed by atoms with E-state index in [2.05, 4.69) is 40.0 Å². The average molecular weight is 355 g/mol. The van der Waals surface area contributed by atoms with Gasteiger partial charge >= 0.3 is 0 Å². The largest absolute Gasteiger partial charge is 0.381 e. The number of fused-ring (bicyclic) bond motifs is 1. The Morgan fingerprint density at radius 2 is 2.19 bits per heavy atom. The minimum atomic E-state index is -0.0153. The van der Waals surface area contributed by atoms with E-state index in [1.807, 2.05) is 4.90 Å². The number of nitrogens with zero attached hydrogens (tertiary/aromatic N) is 3. The number of hydrogen-bond acceptors (Lipinski definition) is 5. The van der Waals surface area contributed by atoms with Crippen LogP contribution >= 0.6 is 0 Å². The third-order valence-electron chi connectivity index (χ3n) is 5.58. The molecule has 0 aliphatic carbocycles. The lowest BCUT2D eigenvalue weighted by atomic mass is 9.92. The molecule has 26 heavy (non-hydrogen) atoms. The van der Waals surface area contributed by atoms with Crippen molar-refractivity contribution < 1.29 is 9.53 Å². The van der Waals surface area contributed by atoms with Gasteiger partial charge in [-0.2, -0.15) is 0 Å². The zero-order chi connectivity index (χ0) is 18.1. The quantitative estimate of drug-likeness (QED) is 0.822. The molecule has 2 fully saturated rings. The summed E-state index contributed by atoms with van der Waals surface area (Å²) in [5.74, 6) is 1.64. The zero-order valence-electron chi connectivity index (χ0n) is 15.1. The van der Waals surface area contributed by atoms with Gasteiger partial charge in [0, 0.05) is 38.5 Å². The molecule has 4 rings (SSSR count). The molecule has 2 N–H and O–H groups in total. The molecule has 1 amide bonds. The van der Waals surface area contributed by atoms with E-state index in [1.165, 1.54) is 11.6 Å². The van der Waals surface area contributed by atoms with Gasteiger partial charge in [0.05, 0.1) is 5.39 Å². The molecule has 0 spiro atoms. The van der Waals surface area contributed by atoms with Gasteiger partial charge in [0.25, 0.3) is 0 Å². The lowest BCUT2D eigenvalue weighted by molar-refractivity contribution is -0.125. The number of H-pyrrole nitrogens is 1. The van der Waals surface area contributed by atoms with E-state index in [0.29, 0.717) is 18.4 Å². The third kappa shape index (κ3) is 3.07. The van der Waals surface area contributed by atoms with Crippen molar-refractivity contribution in [2.24, 2.45) is 5.92 Å². The Morgan fingerprint density at radius 1 is 1.38 bits per heavy atom. The predicted octanol–water partition coefficient (Wildman–Crippen LogP) is 2.30. The Hall–Kier alpha value is -2.41. The average Bonchev–Trinajstić information content (AvgIpc) is 3.26. The van der Waals surface area contributed by atoms with E-state index in [4.69, 9.17) is 4.74 Å². The highest BCUT2D eigenvalue weighted by Gasteiger charge is 2.32. The maximum absolute atomic E-state index is 11.9. The van der Waals surface area contributed by atoms with Crippen LogP contribution in [0.4, 0.5) is 5.82 Å². The van der Waals surface area contributed by atoms with Crippen molar-refractivity contribution in [3.8, 4) is 0 Å². The van der Waals surface area contributed by atoms with Gasteiger partial charge in [-0.25, -0.2) is 9.97 Å². The highest BCUT2D eigenvalue weighted by Crippen LogP contribution is 2.35. The van der Waals surface area contributed by atoms with E-state index in [9.17, 15) is 4.79 Å². The molecule has 0 radical (unpaired) electrons. The molecule has 2 saturated heterocycles. The van der Waals surface area contributed by atoms with Crippen LogP contribution in [-0.4, -0.2) is 58.1 Å². The smallest absolute Gasteiger partial charge is 0.246 e. The summed E-state index contributed by atoms with van der Waals surface area (Å²) in [5.41, 5.74) is 2.12. The highest BCUT2D eigenvalue weighted by molar-refractivity contribution is 5.91. The Balaban J connectivity index is 1.61. The molecular formula is C19H25N5O2. The number of carbonyl (C=O) groups excluding carboxylic acids is 1. The van der Waals surface area contributed by atoms with E-state index in [0.717, 1.165) is 49.5 Å². The highest BCUT2D eigenvalue weighted by atomic mass is 16.5. The third-order valence-corrected chi connectivity index (χ3v) is 5.58. The summed E-state index contributed by atoms with van der Waals surface area (Å²) in [6.45, 7) is 8.74. The van der Waals surface area contributed by atoms with E-state index >= 15 is 0 Å². The second-order valence-corrected chi connectivity index (χ2v) is 7.25. The second kappa shape index (κ2) is 7.07. The Morgan fingerprint density at radius 3 is 2.96 bits per heavy atom. The van der Waals surface area contributed by atoms with Crippen LogP contribution in [0.1, 0.15) is 31.2 Å². The monoisotopic (exact) mass is 355 g/mol. The van der Waals surface area contributed by atoms with Gasteiger partial charge in [0.1, 0.15) is 17.8 Å². The molecule has 7 nitrogen and oxygen atoms in total. The van der Waals surface area contributed by atoms with Crippen molar-refractivity contribution in [1.82, 2.24) is 19.9 Å². The summed E-state index contributed by atoms with van der Waals surface area (Å²) >= 11 is 0. The number of nitrogens with one attached hydrogen (secondary N) is 2. The number of carbonyl (C=O) groups is 1. The SMILES string of the molecule is C=CC(=O)N1C[C@@H](C)[C@@H](Nc2ncnc3[nH]cc(C4CCOCC4)c23)C1. The molecular weight excluding hydrogens is 330 g/mol. The molecule has 138 valence electrons. The molecule has 2 aromatic heterocycles. The Kier molecular flexibility index (Phi) is 4.63. The molecule has 4 heterocycles. The van der Waals surface area contributed by atoms with Gasteiger partial charge in [-0.05, 0) is 36.3 Å². The summed E-state index contributed by atoms with van der Waals surface area (Å²) in [7, 11) is 0. The molecule has 2 aromatic rings. The minimum Gasteiger partial charge on any atom is -0.381 e. The lowest BCUT2D eigenvalue weighted by Gasteiger charge is -2.23. The van der Waals surface area contributed by atoms with E-state index in [1.54, 1.807) is 6.33 Å². The van der Waals surface area contributed by atoms with Crippen LogP contribution in [0.2, 0.25) is 0 Å². The Bertz CT molecular complexity index is 811. The van der Waals surface area contributed by atoms with Crippen LogP contribution in [0.15, 0.2) is 25.2 Å². The summed E-state index contributed by atoms with van der Waals surface area (Å²) in [4.78, 5) is 26.0. The number of ether oxygens (including phenoxy) is 1. The van der Waals surface area contributed by atoms with Crippen LogP contribution < -0.4 is 5.32 Å². The van der Waals surface area contributed by atoms with Crippen molar-refractivity contribution >= 4 is 22.8 Å². The van der Waals surface area contributed by atoms with Gasteiger partial charge < -0.3 is 19.9 Å². The fourth-order valence-corrected chi connectivity index (χ4v) is 4.07. The summed E-state index contributed by atoms with van der Waals surface area (Å²) in [6, 6.07) is 0.162. The first kappa shape index (κ1) is 17.0. The molecule has 0 bridgehead atoms. The molecule has 7 heteroatoms. The number of hydrogen-bond donors (Lipinski definition) is 2. The van der Waals surface area contributed by atoms with Crippen LogP contribution in [0.25, 0.3) is 11.0 Å². The topological polar surface area (TPSA) is 83.1 Å².